The SMILES string of the molecule is CC[C@H](C)[C@H](NC(=O)CNC(=O)[C@H](Cc1ccc(O)cc1)NC(=O)[C@@H](N)CC(N)=O)C(=O)N[C@@H](CC(N)=O)C(=O)O. The lowest BCUT2D eigenvalue weighted by molar-refractivity contribution is -0.144. The summed E-state index contributed by atoms with van der Waals surface area (Å²) in [5, 5.41) is 28.1. The van der Waals surface area contributed by atoms with Gasteiger partial charge in [0, 0.05) is 6.42 Å². The van der Waals surface area contributed by atoms with Gasteiger partial charge in [-0.05, 0) is 23.6 Å². The second kappa shape index (κ2) is 16.4. The third kappa shape index (κ3) is 12.3. The second-order valence-corrected chi connectivity index (χ2v) is 9.43. The Balaban J connectivity index is 2.96. The number of amides is 6. The van der Waals surface area contributed by atoms with E-state index in [0.29, 0.717) is 12.0 Å². The third-order valence-corrected chi connectivity index (χ3v) is 6.02. The zero-order valence-corrected chi connectivity index (χ0v) is 22.7. The molecule has 0 spiro atoms. The molecule has 0 fully saturated rings. The van der Waals surface area contributed by atoms with Crippen LogP contribution in [0, 0.1) is 5.92 Å². The molecule has 0 aliphatic rings. The lowest BCUT2D eigenvalue weighted by Gasteiger charge is -2.25. The van der Waals surface area contributed by atoms with Crippen LogP contribution in [-0.4, -0.2) is 82.3 Å². The number of hydrogen-bond donors (Lipinski definition) is 9. The predicted molar refractivity (Wildman–Crippen MR) is 143 cm³/mol. The first-order valence-electron chi connectivity index (χ1n) is 12.6. The highest BCUT2D eigenvalue weighted by molar-refractivity contribution is 5.95. The van der Waals surface area contributed by atoms with Gasteiger partial charge in [-0.3, -0.25) is 28.8 Å². The molecule has 1 aromatic rings. The molecule has 0 aliphatic carbocycles. The van der Waals surface area contributed by atoms with Crippen LogP contribution < -0.4 is 38.5 Å². The Kier molecular flexibility index (Phi) is 13.7. The molecular weight excluding hydrogens is 542 g/mol. The van der Waals surface area contributed by atoms with Gasteiger partial charge in [0.15, 0.2) is 0 Å². The number of carboxylic acid groups (broad SMARTS) is 1. The summed E-state index contributed by atoms with van der Waals surface area (Å²) in [6.45, 7) is 2.74. The van der Waals surface area contributed by atoms with Crippen LogP contribution in [0.2, 0.25) is 0 Å². The van der Waals surface area contributed by atoms with Gasteiger partial charge in [-0.25, -0.2) is 4.79 Å². The van der Waals surface area contributed by atoms with Gasteiger partial charge in [0.05, 0.1) is 25.4 Å². The first-order valence-corrected chi connectivity index (χ1v) is 12.6. The summed E-state index contributed by atoms with van der Waals surface area (Å²) in [5.41, 5.74) is 16.3. The maximum Gasteiger partial charge on any atom is 0.326 e. The van der Waals surface area contributed by atoms with Crippen LogP contribution in [0.1, 0.15) is 38.7 Å². The van der Waals surface area contributed by atoms with Gasteiger partial charge in [-0.1, -0.05) is 32.4 Å². The number of carbonyl (C=O) groups is 7. The number of phenolic OH excluding ortho intramolecular Hbond substituents is 1. The Morgan fingerprint density at radius 2 is 1.39 bits per heavy atom. The molecule has 0 saturated carbocycles. The van der Waals surface area contributed by atoms with E-state index in [1.807, 2.05) is 0 Å². The number of primary amides is 2. The topological polar surface area (TPSA) is 286 Å². The maximum absolute atomic E-state index is 13.0. The van der Waals surface area contributed by atoms with Crippen LogP contribution in [0.15, 0.2) is 24.3 Å². The third-order valence-electron chi connectivity index (χ3n) is 6.02. The molecule has 0 saturated heterocycles. The summed E-state index contributed by atoms with van der Waals surface area (Å²) in [6, 6.07) is 0.369. The predicted octanol–water partition coefficient (Wildman–Crippen LogP) is -3.29. The lowest BCUT2D eigenvalue weighted by Crippen LogP contribution is -2.57. The quantitative estimate of drug-likeness (QED) is 0.0886. The van der Waals surface area contributed by atoms with Crippen molar-refractivity contribution < 1.29 is 43.8 Å². The largest absolute Gasteiger partial charge is 0.508 e. The van der Waals surface area contributed by atoms with Crippen LogP contribution in [0.25, 0.3) is 0 Å². The number of rotatable bonds is 17. The van der Waals surface area contributed by atoms with Crippen LogP contribution in [0.4, 0.5) is 0 Å². The van der Waals surface area contributed by atoms with Gasteiger partial charge in [-0.2, -0.15) is 0 Å². The number of nitrogens with one attached hydrogen (secondary N) is 4. The van der Waals surface area contributed by atoms with E-state index in [2.05, 4.69) is 21.3 Å². The minimum absolute atomic E-state index is 0.0249. The Hall–Kier alpha value is -4.73. The van der Waals surface area contributed by atoms with Gasteiger partial charge >= 0.3 is 5.97 Å². The molecule has 5 atom stereocenters. The van der Waals surface area contributed by atoms with Gasteiger partial charge in [0.2, 0.25) is 35.4 Å². The molecule has 16 heteroatoms. The summed E-state index contributed by atoms with van der Waals surface area (Å²) >= 11 is 0. The Morgan fingerprint density at radius 1 is 0.829 bits per heavy atom. The first kappa shape index (κ1) is 34.3. The van der Waals surface area contributed by atoms with Crippen molar-refractivity contribution in [2.24, 2.45) is 23.1 Å². The summed E-state index contributed by atoms with van der Waals surface area (Å²) in [5.74, 6) is -7.07. The van der Waals surface area contributed by atoms with Gasteiger partial charge in [0.1, 0.15) is 23.9 Å². The normalized spacial score (nSPS) is 14.3. The first-order chi connectivity index (χ1) is 19.1. The lowest BCUT2D eigenvalue weighted by atomic mass is 9.97. The molecule has 0 bridgehead atoms. The van der Waals surface area contributed by atoms with E-state index in [9.17, 15) is 43.8 Å². The van der Waals surface area contributed by atoms with Crippen molar-refractivity contribution in [2.75, 3.05) is 6.54 Å². The van der Waals surface area contributed by atoms with E-state index in [1.165, 1.54) is 24.3 Å². The van der Waals surface area contributed by atoms with Gasteiger partial charge in [-0.15, -0.1) is 0 Å². The smallest absolute Gasteiger partial charge is 0.326 e. The number of nitrogens with two attached hydrogens (primary N) is 3. The van der Waals surface area contributed by atoms with E-state index in [-0.39, 0.29) is 12.2 Å². The van der Waals surface area contributed by atoms with Crippen LogP contribution in [-0.2, 0) is 40.0 Å². The summed E-state index contributed by atoms with van der Waals surface area (Å²) in [4.78, 5) is 84.5. The minimum atomic E-state index is -1.60. The highest BCUT2D eigenvalue weighted by Gasteiger charge is 2.31. The summed E-state index contributed by atoms with van der Waals surface area (Å²) in [7, 11) is 0. The number of benzene rings is 1. The van der Waals surface area contributed by atoms with Crippen LogP contribution >= 0.6 is 0 Å². The van der Waals surface area contributed by atoms with Crippen molar-refractivity contribution in [3.63, 3.8) is 0 Å². The van der Waals surface area contributed by atoms with Crippen LogP contribution in [0.5, 0.6) is 5.75 Å². The molecule has 0 heterocycles. The number of carbonyl (C=O) groups excluding carboxylic acids is 6. The zero-order chi connectivity index (χ0) is 31.3. The van der Waals surface area contributed by atoms with Crippen molar-refractivity contribution in [2.45, 2.75) is 63.7 Å². The Morgan fingerprint density at radius 3 is 1.90 bits per heavy atom. The van der Waals surface area contributed by atoms with E-state index >= 15 is 0 Å². The summed E-state index contributed by atoms with van der Waals surface area (Å²) < 4.78 is 0. The molecular formula is C25H37N7O9. The molecule has 0 unspecified atom stereocenters. The molecule has 0 aliphatic heterocycles. The molecule has 16 nitrogen and oxygen atoms in total. The van der Waals surface area contributed by atoms with E-state index in [0.717, 1.165) is 0 Å². The van der Waals surface area contributed by atoms with Crippen molar-refractivity contribution >= 4 is 41.4 Å². The van der Waals surface area contributed by atoms with Gasteiger partial charge in [0.25, 0.3) is 0 Å². The van der Waals surface area contributed by atoms with E-state index < -0.39 is 90.9 Å². The van der Waals surface area contributed by atoms with Crippen molar-refractivity contribution in [1.29, 1.82) is 0 Å². The Labute approximate surface area is 235 Å². The zero-order valence-electron chi connectivity index (χ0n) is 22.7. The highest BCUT2D eigenvalue weighted by atomic mass is 16.4. The summed E-state index contributed by atoms with van der Waals surface area (Å²) in [6.07, 6.45) is -0.791. The average molecular weight is 580 g/mol. The molecule has 0 radical (unpaired) electrons. The molecule has 0 aromatic heterocycles. The standard InChI is InChI=1S/C25H37N7O9/c1-3-12(2)21(24(39)31-17(25(40)41)10-19(28)35)32-20(36)11-29-23(38)16(8-13-4-6-14(33)7-5-13)30-22(37)15(26)9-18(27)34/h4-7,12,15-17,21,33H,3,8-11,26H2,1-2H3,(H2,27,34)(H2,28,35)(H,29,38)(H,30,37)(H,31,39)(H,32,36)(H,40,41)/t12-,15-,16-,17-,21-/m0/s1. The Bertz CT molecular complexity index is 1130. The molecule has 226 valence electrons. The molecule has 1 aromatic carbocycles. The number of aliphatic carboxylic acids is 1. The fourth-order valence-electron chi connectivity index (χ4n) is 3.54. The van der Waals surface area contributed by atoms with Crippen LogP contribution in [0.3, 0.4) is 0 Å². The number of phenols is 1. The highest BCUT2D eigenvalue weighted by Crippen LogP contribution is 2.12. The number of carboxylic acids is 1. The fourth-order valence-corrected chi connectivity index (χ4v) is 3.54. The second-order valence-electron chi connectivity index (χ2n) is 9.43. The molecule has 1 rings (SSSR count). The van der Waals surface area contributed by atoms with Crippen molar-refractivity contribution in [1.82, 2.24) is 21.3 Å². The van der Waals surface area contributed by atoms with Crippen molar-refractivity contribution in [3.05, 3.63) is 29.8 Å². The minimum Gasteiger partial charge on any atom is -0.508 e. The molecule has 12 N–H and O–H groups in total. The number of hydrogen-bond acceptors (Lipinski definition) is 9. The van der Waals surface area contributed by atoms with Crippen molar-refractivity contribution in [3.8, 4) is 5.75 Å². The maximum atomic E-state index is 13.0. The fraction of sp³-hybridized carbons (Fsp3) is 0.480. The van der Waals surface area contributed by atoms with E-state index in [1.54, 1.807) is 13.8 Å². The average Bonchev–Trinajstić information content (AvgIpc) is 2.89. The number of aromatic hydroxyl groups is 1. The van der Waals surface area contributed by atoms with E-state index in [4.69, 9.17) is 17.2 Å². The monoisotopic (exact) mass is 579 g/mol. The van der Waals surface area contributed by atoms with Gasteiger partial charge < -0.3 is 48.7 Å². The molecule has 6 amide bonds. The molecule has 41 heavy (non-hydrogen) atoms.